The van der Waals surface area contributed by atoms with E-state index < -0.39 is 11.9 Å². The first-order chi connectivity index (χ1) is 16.0. The van der Waals surface area contributed by atoms with Crippen LogP contribution in [-0.4, -0.2) is 36.5 Å². The molecule has 0 spiro atoms. The largest absolute Gasteiger partial charge is 0.419 e. The summed E-state index contributed by atoms with van der Waals surface area (Å²) in [6.45, 7) is 4.64. The lowest BCUT2D eigenvalue weighted by Gasteiger charge is -2.32. The Morgan fingerprint density at radius 1 is 0.909 bits per heavy atom. The monoisotopic (exact) mass is 441 g/mol. The van der Waals surface area contributed by atoms with Crippen LogP contribution in [0.5, 0.6) is 11.5 Å². The molecule has 0 saturated heterocycles. The van der Waals surface area contributed by atoms with Gasteiger partial charge < -0.3 is 9.47 Å². The lowest BCUT2D eigenvalue weighted by molar-refractivity contribution is 0.0682. The lowest BCUT2D eigenvalue weighted by atomic mass is 9.87. The van der Waals surface area contributed by atoms with Gasteiger partial charge in [-0.3, -0.25) is 4.90 Å². The van der Waals surface area contributed by atoms with Gasteiger partial charge in [-0.25, -0.2) is 9.59 Å². The van der Waals surface area contributed by atoms with Crippen LogP contribution in [0.2, 0.25) is 0 Å². The van der Waals surface area contributed by atoms with Crippen molar-refractivity contribution in [1.82, 2.24) is 4.90 Å². The van der Waals surface area contributed by atoms with Gasteiger partial charge >= 0.3 is 11.9 Å². The number of benzene rings is 3. The van der Waals surface area contributed by atoms with E-state index in [1.165, 1.54) is 0 Å². The molecule has 5 nitrogen and oxygen atoms in total. The van der Waals surface area contributed by atoms with E-state index in [4.69, 9.17) is 9.47 Å². The molecule has 3 aromatic carbocycles. The number of hydrogen-bond acceptors (Lipinski definition) is 5. The minimum atomic E-state index is -0.497. The van der Waals surface area contributed by atoms with Crippen molar-refractivity contribution in [1.29, 1.82) is 0 Å². The van der Waals surface area contributed by atoms with Crippen LogP contribution >= 0.6 is 0 Å². The van der Waals surface area contributed by atoms with Crippen LogP contribution in [-0.2, 0) is 12.8 Å². The fourth-order valence-electron chi connectivity index (χ4n) is 4.10. The molecule has 3 aromatic rings. The summed E-state index contributed by atoms with van der Waals surface area (Å²) in [6.07, 6.45) is 4.56. The van der Waals surface area contributed by atoms with Crippen LogP contribution in [0.1, 0.15) is 38.3 Å². The van der Waals surface area contributed by atoms with E-state index >= 15 is 0 Å². The van der Waals surface area contributed by atoms with Crippen LogP contribution in [0.25, 0.3) is 0 Å². The van der Waals surface area contributed by atoms with Crippen molar-refractivity contribution < 1.29 is 19.1 Å². The van der Waals surface area contributed by atoms with E-state index in [0.717, 1.165) is 36.9 Å². The number of rotatable bonds is 7. The zero-order valence-corrected chi connectivity index (χ0v) is 18.7. The molecule has 0 heterocycles. The van der Waals surface area contributed by atoms with E-state index in [1.54, 1.807) is 48.5 Å². The van der Waals surface area contributed by atoms with Crippen molar-refractivity contribution in [2.45, 2.75) is 25.3 Å². The molecule has 4 rings (SSSR count). The fraction of sp³-hybridized carbons (Fsp3) is 0.214. The van der Waals surface area contributed by atoms with E-state index in [2.05, 4.69) is 18.5 Å². The summed E-state index contributed by atoms with van der Waals surface area (Å²) in [7, 11) is 2.09. The molecule has 0 amide bonds. The molecule has 0 aliphatic heterocycles. The molecule has 168 valence electrons. The maximum absolute atomic E-state index is 12.8. The van der Waals surface area contributed by atoms with Crippen molar-refractivity contribution >= 4 is 11.9 Å². The first kappa shape index (κ1) is 22.5. The predicted molar refractivity (Wildman–Crippen MR) is 128 cm³/mol. The number of carbonyl (C=O) groups excluding carboxylic acids is 2. The maximum atomic E-state index is 12.8. The fourth-order valence-corrected chi connectivity index (χ4v) is 4.10. The summed E-state index contributed by atoms with van der Waals surface area (Å²) in [5.41, 5.74) is 3.06. The van der Waals surface area contributed by atoms with Gasteiger partial charge in [-0.05, 0) is 73.8 Å². The average Bonchev–Trinajstić information content (AvgIpc) is 2.85. The van der Waals surface area contributed by atoms with Gasteiger partial charge in [-0.2, -0.15) is 0 Å². The highest BCUT2D eigenvalue weighted by molar-refractivity contribution is 5.93. The van der Waals surface area contributed by atoms with Gasteiger partial charge in [0, 0.05) is 12.6 Å². The van der Waals surface area contributed by atoms with Gasteiger partial charge in [-0.1, -0.05) is 42.5 Å². The normalized spacial score (nSPS) is 14.9. The van der Waals surface area contributed by atoms with Crippen LogP contribution in [0.3, 0.4) is 0 Å². The second-order valence-electron chi connectivity index (χ2n) is 8.20. The minimum absolute atomic E-state index is 0.249. The number of aryl methyl sites for hydroxylation is 1. The Hall–Kier alpha value is -3.70. The first-order valence-corrected chi connectivity index (χ1v) is 11.1. The van der Waals surface area contributed by atoms with Crippen LogP contribution < -0.4 is 9.47 Å². The molecule has 1 aliphatic rings. The SMILES string of the molecule is C=CCN(C)C1CCc2cc(OC(=O)c3ccccc3)c(OC(=O)c3ccccc3)cc2C1. The number of likely N-dealkylation sites (N-methyl/N-ethyl adjacent to an activating group) is 1. The third kappa shape index (κ3) is 5.38. The number of carbonyl (C=O) groups is 2. The second-order valence-corrected chi connectivity index (χ2v) is 8.20. The molecule has 1 atom stereocenters. The molecule has 1 aliphatic carbocycles. The molecular formula is C28H27NO4. The Bertz CT molecular complexity index is 1140. The van der Waals surface area contributed by atoms with Gasteiger partial charge in [0.2, 0.25) is 0 Å². The quantitative estimate of drug-likeness (QED) is 0.290. The van der Waals surface area contributed by atoms with E-state index in [0.29, 0.717) is 17.2 Å². The molecule has 0 radical (unpaired) electrons. The molecule has 33 heavy (non-hydrogen) atoms. The van der Waals surface area contributed by atoms with Crippen molar-refractivity contribution in [3.63, 3.8) is 0 Å². The molecular weight excluding hydrogens is 414 g/mol. The summed E-state index contributed by atoms with van der Waals surface area (Å²) in [6, 6.07) is 21.6. The molecule has 0 aromatic heterocycles. The third-order valence-electron chi connectivity index (χ3n) is 5.93. The second kappa shape index (κ2) is 10.3. The van der Waals surface area contributed by atoms with E-state index in [9.17, 15) is 9.59 Å². The standard InChI is InChI=1S/C28H27NO4/c1-3-16-29(2)24-15-14-22-18-25(32-27(30)20-10-6-4-7-11-20)26(19-23(22)17-24)33-28(31)21-12-8-5-9-13-21/h3-13,18-19,24H,1,14-17H2,2H3. The number of hydrogen-bond donors (Lipinski definition) is 0. The molecule has 5 heteroatoms. The average molecular weight is 442 g/mol. The van der Waals surface area contributed by atoms with Crippen molar-refractivity contribution in [2.24, 2.45) is 0 Å². The van der Waals surface area contributed by atoms with Crippen LogP contribution in [0.15, 0.2) is 85.5 Å². The molecule has 1 unspecified atom stereocenters. The van der Waals surface area contributed by atoms with Gasteiger partial charge in [0.1, 0.15) is 0 Å². The zero-order chi connectivity index (χ0) is 23.2. The van der Waals surface area contributed by atoms with Crippen LogP contribution in [0, 0.1) is 0 Å². The molecule has 0 N–H and O–H groups in total. The molecule has 0 fully saturated rings. The summed E-state index contributed by atoms with van der Waals surface area (Å²) in [5, 5.41) is 0. The first-order valence-electron chi connectivity index (χ1n) is 11.1. The van der Waals surface area contributed by atoms with E-state index in [-0.39, 0.29) is 11.5 Å². The van der Waals surface area contributed by atoms with Crippen molar-refractivity contribution in [2.75, 3.05) is 13.6 Å². The third-order valence-corrected chi connectivity index (χ3v) is 5.93. The number of esters is 2. The molecule has 0 bridgehead atoms. The van der Waals surface area contributed by atoms with Crippen molar-refractivity contribution in [3.8, 4) is 11.5 Å². The van der Waals surface area contributed by atoms with Gasteiger partial charge in [0.15, 0.2) is 11.5 Å². The number of ether oxygens (including phenoxy) is 2. The van der Waals surface area contributed by atoms with Crippen molar-refractivity contribution in [3.05, 3.63) is 108 Å². The van der Waals surface area contributed by atoms with Gasteiger partial charge in [0.25, 0.3) is 0 Å². The smallest absolute Gasteiger partial charge is 0.343 e. The number of fused-ring (bicyclic) bond motifs is 1. The van der Waals surface area contributed by atoms with Gasteiger partial charge in [0.05, 0.1) is 11.1 Å². The van der Waals surface area contributed by atoms with E-state index in [1.807, 2.05) is 30.3 Å². The van der Waals surface area contributed by atoms with Gasteiger partial charge in [-0.15, -0.1) is 6.58 Å². The topological polar surface area (TPSA) is 55.8 Å². The molecule has 0 saturated carbocycles. The lowest BCUT2D eigenvalue weighted by Crippen LogP contribution is -2.36. The Balaban J connectivity index is 1.65. The summed E-state index contributed by atoms with van der Waals surface area (Å²) in [5.74, 6) is -0.487. The summed E-state index contributed by atoms with van der Waals surface area (Å²) < 4.78 is 11.4. The van der Waals surface area contributed by atoms with Crippen LogP contribution in [0.4, 0.5) is 0 Å². The minimum Gasteiger partial charge on any atom is -0.419 e. The highest BCUT2D eigenvalue weighted by Gasteiger charge is 2.25. The summed E-state index contributed by atoms with van der Waals surface area (Å²) >= 11 is 0. The summed E-state index contributed by atoms with van der Waals surface area (Å²) in [4.78, 5) is 27.8. The highest BCUT2D eigenvalue weighted by Crippen LogP contribution is 2.36. The zero-order valence-electron chi connectivity index (χ0n) is 18.7. The Kier molecular flexibility index (Phi) is 7.01. The Labute approximate surface area is 194 Å². The maximum Gasteiger partial charge on any atom is 0.343 e. The Morgan fingerprint density at radius 2 is 1.42 bits per heavy atom. The highest BCUT2D eigenvalue weighted by atomic mass is 16.6. The number of nitrogens with zero attached hydrogens (tertiary/aromatic N) is 1. The predicted octanol–water partition coefficient (Wildman–Crippen LogP) is 5.10. The Morgan fingerprint density at radius 3 is 1.94 bits per heavy atom.